The summed E-state index contributed by atoms with van der Waals surface area (Å²) < 4.78 is 2.05. The third-order valence-corrected chi connectivity index (χ3v) is 8.46. The lowest BCUT2D eigenvalue weighted by molar-refractivity contribution is -0.385. The highest BCUT2D eigenvalue weighted by Gasteiger charge is 2.51. The molecule has 2 aromatic carbocycles. The number of benzene rings is 2. The molecule has 1 aliphatic rings. The van der Waals surface area contributed by atoms with Crippen LogP contribution >= 0.6 is 46.0 Å². The lowest BCUT2D eigenvalue weighted by Crippen LogP contribution is -2.56. The Hall–Kier alpha value is -2.60. The van der Waals surface area contributed by atoms with Crippen molar-refractivity contribution in [1.82, 2.24) is 15.2 Å². The molecule has 2 aromatic heterocycles. The summed E-state index contributed by atoms with van der Waals surface area (Å²) in [5, 5.41) is 20.0. The Morgan fingerprint density at radius 3 is 2.71 bits per heavy atom. The number of anilines is 1. The number of para-hydroxylation sites is 2. The van der Waals surface area contributed by atoms with E-state index in [2.05, 4.69) is 15.2 Å². The van der Waals surface area contributed by atoms with E-state index in [0.29, 0.717) is 16.4 Å². The first-order valence-corrected chi connectivity index (χ1v) is 12.1. The van der Waals surface area contributed by atoms with E-state index < -0.39 is 16.3 Å². The van der Waals surface area contributed by atoms with Crippen molar-refractivity contribution in [1.29, 1.82) is 0 Å². The fraction of sp³-hybridized carbons (Fsp3) is 0.158. The molecule has 1 aliphatic heterocycles. The van der Waals surface area contributed by atoms with E-state index in [4.69, 9.17) is 11.6 Å². The zero-order valence-corrected chi connectivity index (χ0v) is 18.7. The number of alkyl halides is 1. The van der Waals surface area contributed by atoms with Gasteiger partial charge in [-0.05, 0) is 18.2 Å². The third kappa shape index (κ3) is 3.67. The standard InChI is InChI=1S/C19H12ClN5O3S3/c20-15-16(10-5-1-3-7-12(10)25(27)28)24(17(15)26)18-23-22-14(31-18)9-29-19-21-11-6-2-4-8-13(11)30-19/h1-8,15-16H,9H2. The molecule has 31 heavy (non-hydrogen) atoms. The average Bonchev–Trinajstić information content (AvgIpc) is 3.41. The highest BCUT2D eigenvalue weighted by Crippen LogP contribution is 2.46. The minimum absolute atomic E-state index is 0.0771. The van der Waals surface area contributed by atoms with Crippen LogP contribution in [0.15, 0.2) is 52.9 Å². The summed E-state index contributed by atoms with van der Waals surface area (Å²) in [6.45, 7) is 0. The minimum atomic E-state index is -0.884. The number of β-lactam (4-membered cyclic amide) rings is 1. The summed E-state index contributed by atoms with van der Waals surface area (Å²) in [5.41, 5.74) is 1.26. The molecular weight excluding hydrogens is 478 g/mol. The van der Waals surface area contributed by atoms with Gasteiger partial charge in [-0.1, -0.05) is 47.4 Å². The first-order chi connectivity index (χ1) is 15.0. The number of carbonyl (C=O) groups excluding carboxylic acids is 1. The van der Waals surface area contributed by atoms with Gasteiger partial charge < -0.3 is 0 Å². The lowest BCUT2D eigenvalue weighted by Gasteiger charge is -2.42. The first kappa shape index (κ1) is 20.3. The van der Waals surface area contributed by atoms with Crippen LogP contribution in [0.25, 0.3) is 10.2 Å². The van der Waals surface area contributed by atoms with Gasteiger partial charge in [0.25, 0.3) is 5.69 Å². The normalized spacial score (nSPS) is 18.4. The molecule has 8 nitrogen and oxygen atoms in total. The van der Waals surface area contributed by atoms with Gasteiger partial charge in [0.2, 0.25) is 11.0 Å². The molecule has 0 aliphatic carbocycles. The van der Waals surface area contributed by atoms with E-state index in [1.54, 1.807) is 41.3 Å². The number of nitrogens with zero attached hydrogens (tertiary/aromatic N) is 5. The summed E-state index contributed by atoms with van der Waals surface area (Å²) in [5.74, 6) is 0.214. The average molecular weight is 490 g/mol. The van der Waals surface area contributed by atoms with Gasteiger partial charge in [0.1, 0.15) is 10.4 Å². The van der Waals surface area contributed by atoms with Gasteiger partial charge >= 0.3 is 0 Å². The van der Waals surface area contributed by atoms with Crippen LogP contribution in [0.1, 0.15) is 16.6 Å². The van der Waals surface area contributed by atoms with Gasteiger partial charge in [0.15, 0.2) is 4.34 Å². The molecule has 0 bridgehead atoms. The summed E-state index contributed by atoms with van der Waals surface area (Å²) >= 11 is 10.7. The first-order valence-electron chi connectivity index (χ1n) is 9.04. The van der Waals surface area contributed by atoms with Crippen LogP contribution < -0.4 is 4.90 Å². The van der Waals surface area contributed by atoms with Crippen LogP contribution in [0, 0.1) is 10.1 Å². The number of rotatable bonds is 6. The van der Waals surface area contributed by atoms with Crippen LogP contribution in [0.2, 0.25) is 0 Å². The number of fused-ring (bicyclic) bond motifs is 1. The molecule has 1 amide bonds. The monoisotopic (exact) mass is 489 g/mol. The Morgan fingerprint density at radius 2 is 1.90 bits per heavy atom. The van der Waals surface area contributed by atoms with Crippen molar-refractivity contribution in [3.05, 3.63) is 69.2 Å². The molecular formula is C19H12ClN5O3S3. The molecule has 12 heteroatoms. The number of nitro benzene ring substituents is 1. The van der Waals surface area contributed by atoms with E-state index in [9.17, 15) is 14.9 Å². The summed E-state index contributed by atoms with van der Waals surface area (Å²) in [4.78, 5) is 29.4. The predicted molar refractivity (Wildman–Crippen MR) is 122 cm³/mol. The maximum absolute atomic E-state index is 12.5. The Morgan fingerprint density at radius 1 is 1.13 bits per heavy atom. The van der Waals surface area contributed by atoms with E-state index in [1.165, 1.54) is 22.3 Å². The molecule has 1 fully saturated rings. The Labute approximate surface area is 193 Å². The van der Waals surface area contributed by atoms with Gasteiger partial charge in [-0.25, -0.2) is 4.98 Å². The van der Waals surface area contributed by atoms with Crippen LogP contribution in [0.3, 0.4) is 0 Å². The van der Waals surface area contributed by atoms with Gasteiger partial charge in [-0.3, -0.25) is 19.8 Å². The van der Waals surface area contributed by atoms with Crippen LogP contribution in [-0.2, 0) is 10.5 Å². The van der Waals surface area contributed by atoms with Crippen molar-refractivity contribution >= 4 is 73.0 Å². The number of hydrogen-bond donors (Lipinski definition) is 0. The number of carbonyl (C=O) groups is 1. The number of thioether (sulfide) groups is 1. The third-order valence-electron chi connectivity index (χ3n) is 4.74. The fourth-order valence-electron chi connectivity index (χ4n) is 3.30. The van der Waals surface area contributed by atoms with Gasteiger partial charge in [0.05, 0.1) is 32.5 Å². The van der Waals surface area contributed by atoms with Gasteiger partial charge in [0, 0.05) is 6.07 Å². The molecule has 4 aromatic rings. The maximum Gasteiger partial charge on any atom is 0.274 e. The highest BCUT2D eigenvalue weighted by molar-refractivity contribution is 8.00. The molecule has 3 heterocycles. The van der Waals surface area contributed by atoms with E-state index in [0.717, 1.165) is 19.6 Å². The second-order valence-electron chi connectivity index (χ2n) is 6.59. The van der Waals surface area contributed by atoms with E-state index in [-0.39, 0.29) is 11.6 Å². The largest absolute Gasteiger partial charge is 0.275 e. The molecule has 1 saturated heterocycles. The molecule has 0 radical (unpaired) electrons. The second-order valence-corrected chi connectivity index (χ2v) is 10.3. The van der Waals surface area contributed by atoms with E-state index >= 15 is 0 Å². The van der Waals surface area contributed by atoms with E-state index in [1.807, 2.05) is 24.3 Å². The summed E-state index contributed by atoms with van der Waals surface area (Å²) in [7, 11) is 0. The number of thiazole rings is 1. The molecule has 5 rings (SSSR count). The minimum Gasteiger partial charge on any atom is -0.275 e. The quantitative estimate of drug-likeness (QED) is 0.123. The van der Waals surface area contributed by atoms with Crippen LogP contribution in [-0.4, -0.2) is 31.4 Å². The van der Waals surface area contributed by atoms with Crippen molar-refractivity contribution in [2.45, 2.75) is 21.5 Å². The Kier molecular flexibility index (Phi) is 5.34. The number of aromatic nitrogens is 3. The molecule has 2 unspecified atom stereocenters. The fourth-order valence-corrected chi connectivity index (χ4v) is 6.59. The topological polar surface area (TPSA) is 102 Å². The molecule has 0 saturated carbocycles. The maximum atomic E-state index is 12.5. The second kappa shape index (κ2) is 8.15. The molecule has 0 N–H and O–H groups in total. The Bertz CT molecular complexity index is 1280. The predicted octanol–water partition coefficient (Wildman–Crippen LogP) is 5.04. The van der Waals surface area contributed by atoms with Crippen LogP contribution in [0.5, 0.6) is 0 Å². The summed E-state index contributed by atoms with van der Waals surface area (Å²) in [6, 6.07) is 13.6. The summed E-state index contributed by atoms with van der Waals surface area (Å²) in [6.07, 6.45) is 0. The SMILES string of the molecule is O=C1C(Cl)C(c2ccccc2[N+](=O)[O-])N1c1nnc(CSc2nc3ccccc3s2)s1. The van der Waals surface area contributed by atoms with Gasteiger partial charge in [-0.15, -0.1) is 33.1 Å². The highest BCUT2D eigenvalue weighted by atomic mass is 35.5. The zero-order chi connectivity index (χ0) is 21.5. The molecule has 2 atom stereocenters. The molecule has 0 spiro atoms. The number of nitro groups is 1. The van der Waals surface area contributed by atoms with Crippen molar-refractivity contribution in [3.8, 4) is 0 Å². The van der Waals surface area contributed by atoms with Gasteiger partial charge in [-0.2, -0.15) is 0 Å². The van der Waals surface area contributed by atoms with Crippen molar-refractivity contribution in [2.75, 3.05) is 4.90 Å². The lowest BCUT2D eigenvalue weighted by atomic mass is 9.92. The zero-order valence-electron chi connectivity index (χ0n) is 15.5. The van der Waals surface area contributed by atoms with Crippen molar-refractivity contribution < 1.29 is 9.72 Å². The Balaban J connectivity index is 1.35. The van der Waals surface area contributed by atoms with Crippen molar-refractivity contribution in [2.24, 2.45) is 0 Å². The number of hydrogen-bond acceptors (Lipinski definition) is 9. The number of halogens is 1. The van der Waals surface area contributed by atoms with Crippen molar-refractivity contribution in [3.63, 3.8) is 0 Å². The van der Waals surface area contributed by atoms with Crippen LogP contribution in [0.4, 0.5) is 10.8 Å². The smallest absolute Gasteiger partial charge is 0.274 e. The number of amides is 1. The molecule has 156 valence electrons.